The van der Waals surface area contributed by atoms with E-state index in [-0.39, 0.29) is 0 Å². The van der Waals surface area contributed by atoms with Gasteiger partial charge < -0.3 is 10.2 Å². The highest BCUT2D eigenvalue weighted by atomic mass is 16.3. The molecular weight excluding hydrogens is 272 g/mol. The monoisotopic (exact) mass is 314 g/mol. The minimum absolute atomic E-state index is 0.529. The largest absolute Gasteiger partial charge is 0.390 e. The average molecular weight is 315 g/mol. The van der Waals surface area contributed by atoms with Crippen molar-refractivity contribution >= 4 is 0 Å². The summed E-state index contributed by atoms with van der Waals surface area (Å²) >= 11 is 0. The Bertz CT molecular complexity index is 239. The average Bonchev–Trinajstić information content (AvgIpc) is 2.33. The highest BCUT2D eigenvalue weighted by Crippen LogP contribution is 2.26. The third-order valence-electron chi connectivity index (χ3n) is 4.67. The molecular formula is C20H42O2. The fourth-order valence-corrected chi connectivity index (χ4v) is 3.04. The van der Waals surface area contributed by atoms with Crippen LogP contribution in [0.15, 0.2) is 0 Å². The zero-order chi connectivity index (χ0) is 17.2. The minimum atomic E-state index is -0.529. The third kappa shape index (κ3) is 13.6. The Morgan fingerprint density at radius 3 is 1.14 bits per heavy atom. The smallest absolute Gasteiger partial charge is 0.0619 e. The summed E-state index contributed by atoms with van der Waals surface area (Å²) in [5, 5.41) is 20.8. The Morgan fingerprint density at radius 1 is 0.591 bits per heavy atom. The molecule has 0 aromatic heterocycles. The molecule has 0 aromatic rings. The second-order valence-electron chi connectivity index (χ2n) is 8.77. The molecule has 0 aliphatic rings. The zero-order valence-corrected chi connectivity index (χ0v) is 16.1. The van der Waals surface area contributed by atoms with E-state index in [4.69, 9.17) is 0 Å². The predicted octanol–water partition coefficient (Wildman–Crippen LogP) is 5.70. The van der Waals surface area contributed by atoms with Crippen LogP contribution in [0.5, 0.6) is 0 Å². The lowest BCUT2D eigenvalue weighted by atomic mass is 9.88. The van der Waals surface area contributed by atoms with Crippen LogP contribution in [0.3, 0.4) is 0 Å². The van der Waals surface area contributed by atoms with E-state index in [0.717, 1.165) is 63.2 Å². The van der Waals surface area contributed by atoms with Gasteiger partial charge in [-0.2, -0.15) is 0 Å². The molecule has 0 radical (unpaired) electrons. The molecule has 0 saturated heterocycles. The first-order chi connectivity index (χ1) is 10.0. The number of aliphatic hydroxyl groups is 2. The van der Waals surface area contributed by atoms with Crippen molar-refractivity contribution in [2.75, 3.05) is 0 Å². The topological polar surface area (TPSA) is 40.5 Å². The summed E-state index contributed by atoms with van der Waals surface area (Å²) in [6.45, 7) is 12.9. The Labute approximate surface area is 139 Å². The molecule has 134 valence electrons. The van der Waals surface area contributed by atoms with Crippen molar-refractivity contribution < 1.29 is 10.2 Å². The molecule has 2 nitrogen and oxygen atoms in total. The molecule has 2 N–H and O–H groups in total. The van der Waals surface area contributed by atoms with Gasteiger partial charge in [0.25, 0.3) is 0 Å². The normalized spacial score (nSPS) is 17.7. The Balaban J connectivity index is 3.80. The van der Waals surface area contributed by atoms with Crippen molar-refractivity contribution in [2.45, 2.75) is 117 Å². The van der Waals surface area contributed by atoms with E-state index >= 15 is 0 Å². The van der Waals surface area contributed by atoms with Crippen molar-refractivity contribution in [1.29, 1.82) is 0 Å². The predicted molar refractivity (Wildman–Crippen MR) is 97.1 cm³/mol. The summed E-state index contributed by atoms with van der Waals surface area (Å²) in [5.74, 6) is 1.44. The lowest BCUT2D eigenvalue weighted by Crippen LogP contribution is -2.26. The van der Waals surface area contributed by atoms with Crippen LogP contribution in [-0.2, 0) is 0 Å². The lowest BCUT2D eigenvalue weighted by molar-refractivity contribution is 0.0218. The molecule has 0 fully saturated rings. The molecule has 0 amide bonds. The van der Waals surface area contributed by atoms with E-state index in [1.165, 1.54) is 12.8 Å². The van der Waals surface area contributed by atoms with E-state index < -0.39 is 11.2 Å². The molecule has 2 atom stereocenters. The summed E-state index contributed by atoms with van der Waals surface area (Å²) in [6, 6.07) is 0. The SMILES string of the molecule is CC(C)CCCC(C)(O)CCCCC(C)(O)CCCC(C)C. The lowest BCUT2D eigenvalue weighted by Gasteiger charge is -2.26. The molecule has 0 aromatic carbocycles. The standard InChI is InChI=1S/C20H42O2/c1-17(2)11-9-15-19(5,21)13-7-8-14-20(6,22)16-10-12-18(3)4/h17-18,21-22H,7-16H2,1-6H3. The second-order valence-corrected chi connectivity index (χ2v) is 8.77. The van der Waals surface area contributed by atoms with Crippen LogP contribution in [0.2, 0.25) is 0 Å². The van der Waals surface area contributed by atoms with Gasteiger partial charge in [0.1, 0.15) is 0 Å². The molecule has 0 rings (SSSR count). The van der Waals surface area contributed by atoms with Gasteiger partial charge in [0.05, 0.1) is 11.2 Å². The van der Waals surface area contributed by atoms with Crippen LogP contribution < -0.4 is 0 Å². The van der Waals surface area contributed by atoms with Crippen molar-refractivity contribution in [3.63, 3.8) is 0 Å². The minimum Gasteiger partial charge on any atom is -0.390 e. The van der Waals surface area contributed by atoms with Gasteiger partial charge in [-0.1, -0.05) is 66.2 Å². The van der Waals surface area contributed by atoms with Crippen molar-refractivity contribution in [2.24, 2.45) is 11.8 Å². The maximum absolute atomic E-state index is 10.4. The molecule has 0 spiro atoms. The van der Waals surface area contributed by atoms with E-state index in [0.29, 0.717) is 0 Å². The van der Waals surface area contributed by atoms with E-state index in [2.05, 4.69) is 27.7 Å². The summed E-state index contributed by atoms with van der Waals surface area (Å²) in [4.78, 5) is 0. The fraction of sp³-hybridized carbons (Fsp3) is 1.00. The van der Waals surface area contributed by atoms with Crippen LogP contribution in [0.1, 0.15) is 106 Å². The van der Waals surface area contributed by atoms with E-state index in [1.807, 2.05) is 13.8 Å². The first-order valence-electron chi connectivity index (χ1n) is 9.49. The molecule has 2 unspecified atom stereocenters. The van der Waals surface area contributed by atoms with E-state index in [1.54, 1.807) is 0 Å². The quantitative estimate of drug-likeness (QED) is 0.428. The van der Waals surface area contributed by atoms with Crippen LogP contribution in [0, 0.1) is 11.8 Å². The zero-order valence-electron chi connectivity index (χ0n) is 16.1. The second kappa shape index (κ2) is 10.6. The van der Waals surface area contributed by atoms with Gasteiger partial charge in [-0.3, -0.25) is 0 Å². The number of rotatable bonds is 13. The Morgan fingerprint density at radius 2 is 0.864 bits per heavy atom. The van der Waals surface area contributed by atoms with E-state index in [9.17, 15) is 10.2 Å². The van der Waals surface area contributed by atoms with Crippen LogP contribution in [0.4, 0.5) is 0 Å². The summed E-state index contributed by atoms with van der Waals surface area (Å²) in [6.07, 6.45) is 10.1. The summed E-state index contributed by atoms with van der Waals surface area (Å²) in [5.41, 5.74) is -1.06. The highest BCUT2D eigenvalue weighted by Gasteiger charge is 2.22. The number of hydrogen-bond donors (Lipinski definition) is 2. The van der Waals surface area contributed by atoms with Gasteiger partial charge in [0.2, 0.25) is 0 Å². The molecule has 0 bridgehead atoms. The molecule has 22 heavy (non-hydrogen) atoms. The van der Waals surface area contributed by atoms with Crippen molar-refractivity contribution in [3.05, 3.63) is 0 Å². The van der Waals surface area contributed by atoms with Crippen LogP contribution in [0.25, 0.3) is 0 Å². The molecule has 2 heteroatoms. The van der Waals surface area contributed by atoms with Gasteiger partial charge in [0, 0.05) is 0 Å². The van der Waals surface area contributed by atoms with Gasteiger partial charge in [-0.25, -0.2) is 0 Å². The third-order valence-corrected chi connectivity index (χ3v) is 4.67. The van der Waals surface area contributed by atoms with Gasteiger partial charge in [-0.05, 0) is 51.4 Å². The Hall–Kier alpha value is -0.0800. The van der Waals surface area contributed by atoms with Crippen molar-refractivity contribution in [3.8, 4) is 0 Å². The number of unbranched alkanes of at least 4 members (excludes halogenated alkanes) is 1. The first-order valence-corrected chi connectivity index (χ1v) is 9.49. The fourth-order valence-electron chi connectivity index (χ4n) is 3.04. The maximum Gasteiger partial charge on any atom is 0.0619 e. The number of hydrogen-bond acceptors (Lipinski definition) is 2. The van der Waals surface area contributed by atoms with Crippen LogP contribution >= 0.6 is 0 Å². The summed E-state index contributed by atoms with van der Waals surface area (Å²) in [7, 11) is 0. The van der Waals surface area contributed by atoms with Crippen molar-refractivity contribution in [1.82, 2.24) is 0 Å². The van der Waals surface area contributed by atoms with Gasteiger partial charge in [0.15, 0.2) is 0 Å². The molecule has 0 aliphatic heterocycles. The Kier molecular flexibility index (Phi) is 10.6. The molecule has 0 heterocycles. The first kappa shape index (κ1) is 21.9. The van der Waals surface area contributed by atoms with Crippen LogP contribution in [-0.4, -0.2) is 21.4 Å². The molecule has 0 saturated carbocycles. The maximum atomic E-state index is 10.4. The van der Waals surface area contributed by atoms with Gasteiger partial charge in [-0.15, -0.1) is 0 Å². The molecule has 0 aliphatic carbocycles. The summed E-state index contributed by atoms with van der Waals surface area (Å²) < 4.78 is 0. The van der Waals surface area contributed by atoms with Gasteiger partial charge >= 0.3 is 0 Å². The highest BCUT2D eigenvalue weighted by molar-refractivity contribution is 4.76.